The second-order valence-electron chi connectivity index (χ2n) is 5.48. The standard InChI is InChI=1S/C17H20BrN3/c18-15-8-9-17(19-12-15)20-16(13-21-10-4-5-11-21)14-6-2-1-3-7-14/h1-3,6-9,12,16H,4-5,10-11,13H2,(H,19,20). The van der Waals surface area contributed by atoms with Crippen LogP contribution in [0.4, 0.5) is 5.82 Å². The van der Waals surface area contributed by atoms with Gasteiger partial charge in [0.1, 0.15) is 5.82 Å². The fourth-order valence-electron chi connectivity index (χ4n) is 2.78. The van der Waals surface area contributed by atoms with Gasteiger partial charge in [0.05, 0.1) is 6.04 Å². The van der Waals surface area contributed by atoms with Gasteiger partial charge in [-0.05, 0) is 59.6 Å². The second-order valence-corrected chi connectivity index (χ2v) is 6.39. The van der Waals surface area contributed by atoms with Crippen LogP contribution in [0.15, 0.2) is 53.1 Å². The molecule has 0 spiro atoms. The Morgan fingerprint density at radius 1 is 1.10 bits per heavy atom. The minimum Gasteiger partial charge on any atom is -0.362 e. The number of hydrogen-bond donors (Lipinski definition) is 1. The van der Waals surface area contributed by atoms with E-state index in [4.69, 9.17) is 0 Å². The van der Waals surface area contributed by atoms with Crippen LogP contribution >= 0.6 is 15.9 Å². The van der Waals surface area contributed by atoms with E-state index in [0.717, 1.165) is 16.8 Å². The monoisotopic (exact) mass is 345 g/mol. The zero-order valence-corrected chi connectivity index (χ0v) is 13.6. The summed E-state index contributed by atoms with van der Waals surface area (Å²) in [5.74, 6) is 0.922. The first kappa shape index (κ1) is 14.5. The van der Waals surface area contributed by atoms with Crippen molar-refractivity contribution >= 4 is 21.7 Å². The summed E-state index contributed by atoms with van der Waals surface area (Å²) in [6, 6.07) is 15.0. The summed E-state index contributed by atoms with van der Waals surface area (Å²) in [6.45, 7) is 3.44. The Morgan fingerprint density at radius 2 is 1.86 bits per heavy atom. The molecule has 2 heterocycles. The van der Waals surface area contributed by atoms with E-state index in [1.807, 2.05) is 18.3 Å². The Bertz CT molecular complexity index is 550. The fraction of sp³-hybridized carbons (Fsp3) is 0.353. The molecule has 1 aliphatic rings. The first-order chi connectivity index (χ1) is 10.3. The zero-order chi connectivity index (χ0) is 14.5. The van der Waals surface area contributed by atoms with Crippen LogP contribution in [-0.4, -0.2) is 29.5 Å². The van der Waals surface area contributed by atoms with Gasteiger partial charge in [-0.3, -0.25) is 0 Å². The topological polar surface area (TPSA) is 28.2 Å². The minimum absolute atomic E-state index is 0.276. The molecule has 0 bridgehead atoms. The molecule has 1 aromatic carbocycles. The number of nitrogens with one attached hydrogen (secondary N) is 1. The van der Waals surface area contributed by atoms with Gasteiger partial charge >= 0.3 is 0 Å². The highest BCUT2D eigenvalue weighted by atomic mass is 79.9. The van der Waals surface area contributed by atoms with Crippen molar-refractivity contribution in [2.75, 3.05) is 25.0 Å². The third kappa shape index (κ3) is 4.05. The van der Waals surface area contributed by atoms with Gasteiger partial charge in [-0.2, -0.15) is 0 Å². The van der Waals surface area contributed by atoms with Crippen LogP contribution in [0.25, 0.3) is 0 Å². The number of hydrogen-bond acceptors (Lipinski definition) is 3. The van der Waals surface area contributed by atoms with Gasteiger partial charge in [0, 0.05) is 17.2 Å². The molecule has 110 valence electrons. The quantitative estimate of drug-likeness (QED) is 0.884. The molecule has 4 heteroatoms. The van der Waals surface area contributed by atoms with E-state index in [1.54, 1.807) is 0 Å². The van der Waals surface area contributed by atoms with Gasteiger partial charge < -0.3 is 10.2 Å². The molecular formula is C17H20BrN3. The van der Waals surface area contributed by atoms with Crippen molar-refractivity contribution in [3.63, 3.8) is 0 Å². The normalized spacial score (nSPS) is 16.8. The number of benzene rings is 1. The molecule has 1 aromatic heterocycles. The van der Waals surface area contributed by atoms with E-state index >= 15 is 0 Å². The van der Waals surface area contributed by atoms with Crippen molar-refractivity contribution in [2.45, 2.75) is 18.9 Å². The minimum atomic E-state index is 0.276. The average Bonchev–Trinajstić information content (AvgIpc) is 3.03. The molecule has 0 aliphatic carbocycles. The van der Waals surface area contributed by atoms with Crippen molar-refractivity contribution in [3.05, 3.63) is 58.7 Å². The molecule has 1 atom stereocenters. The molecule has 0 radical (unpaired) electrons. The van der Waals surface area contributed by atoms with Crippen LogP contribution in [0.2, 0.25) is 0 Å². The first-order valence-electron chi connectivity index (χ1n) is 7.47. The molecule has 1 fully saturated rings. The summed E-state index contributed by atoms with van der Waals surface area (Å²) in [4.78, 5) is 6.97. The molecular weight excluding hydrogens is 326 g/mol. The summed E-state index contributed by atoms with van der Waals surface area (Å²) in [6.07, 6.45) is 4.47. The van der Waals surface area contributed by atoms with Crippen LogP contribution in [-0.2, 0) is 0 Å². The molecule has 0 saturated carbocycles. The molecule has 0 amide bonds. The van der Waals surface area contributed by atoms with E-state index in [0.29, 0.717) is 0 Å². The number of nitrogens with zero attached hydrogens (tertiary/aromatic N) is 2. The first-order valence-corrected chi connectivity index (χ1v) is 8.26. The number of likely N-dealkylation sites (tertiary alicyclic amines) is 1. The summed E-state index contributed by atoms with van der Waals surface area (Å²) >= 11 is 3.43. The van der Waals surface area contributed by atoms with Gasteiger partial charge in [-0.1, -0.05) is 30.3 Å². The number of rotatable bonds is 5. The van der Waals surface area contributed by atoms with Crippen LogP contribution < -0.4 is 5.32 Å². The molecule has 1 aliphatic heterocycles. The Labute approximate surface area is 134 Å². The highest BCUT2D eigenvalue weighted by Crippen LogP contribution is 2.22. The third-order valence-electron chi connectivity index (χ3n) is 3.89. The van der Waals surface area contributed by atoms with Gasteiger partial charge in [-0.25, -0.2) is 4.98 Å². The Kier molecular flexibility index (Phi) is 4.88. The van der Waals surface area contributed by atoms with Gasteiger partial charge in [0.25, 0.3) is 0 Å². The van der Waals surface area contributed by atoms with Crippen LogP contribution in [0.3, 0.4) is 0 Å². The highest BCUT2D eigenvalue weighted by molar-refractivity contribution is 9.10. The molecule has 3 nitrogen and oxygen atoms in total. The molecule has 1 unspecified atom stereocenters. The maximum Gasteiger partial charge on any atom is 0.126 e. The number of anilines is 1. The number of halogens is 1. The number of aromatic nitrogens is 1. The Morgan fingerprint density at radius 3 is 2.52 bits per heavy atom. The van der Waals surface area contributed by atoms with Crippen molar-refractivity contribution in [1.29, 1.82) is 0 Å². The molecule has 2 aromatic rings. The average molecular weight is 346 g/mol. The van der Waals surface area contributed by atoms with E-state index in [-0.39, 0.29) is 6.04 Å². The lowest BCUT2D eigenvalue weighted by Gasteiger charge is -2.25. The molecule has 21 heavy (non-hydrogen) atoms. The van der Waals surface area contributed by atoms with Gasteiger partial charge in [0.15, 0.2) is 0 Å². The lowest BCUT2D eigenvalue weighted by molar-refractivity contribution is 0.323. The van der Waals surface area contributed by atoms with Crippen molar-refractivity contribution in [3.8, 4) is 0 Å². The predicted octanol–water partition coefficient (Wildman–Crippen LogP) is 4.09. The molecule has 3 rings (SSSR count). The second kappa shape index (κ2) is 7.05. The van der Waals surface area contributed by atoms with Crippen molar-refractivity contribution in [1.82, 2.24) is 9.88 Å². The van der Waals surface area contributed by atoms with Crippen molar-refractivity contribution in [2.24, 2.45) is 0 Å². The lowest BCUT2D eigenvalue weighted by Crippen LogP contribution is -2.29. The largest absolute Gasteiger partial charge is 0.362 e. The fourth-order valence-corrected chi connectivity index (χ4v) is 3.02. The summed E-state index contributed by atoms with van der Waals surface area (Å²) in [5.41, 5.74) is 1.31. The lowest BCUT2D eigenvalue weighted by atomic mass is 10.1. The van der Waals surface area contributed by atoms with Crippen LogP contribution in [0, 0.1) is 0 Å². The predicted molar refractivity (Wildman–Crippen MR) is 90.4 cm³/mol. The highest BCUT2D eigenvalue weighted by Gasteiger charge is 2.19. The SMILES string of the molecule is Brc1ccc(NC(CN2CCCC2)c2ccccc2)nc1. The van der Waals surface area contributed by atoms with E-state index in [2.05, 4.69) is 61.5 Å². The van der Waals surface area contributed by atoms with Gasteiger partial charge in [0.2, 0.25) is 0 Å². The Balaban J connectivity index is 1.76. The maximum atomic E-state index is 4.44. The number of pyridine rings is 1. The van der Waals surface area contributed by atoms with Crippen LogP contribution in [0.5, 0.6) is 0 Å². The maximum absolute atomic E-state index is 4.44. The van der Waals surface area contributed by atoms with Crippen LogP contribution in [0.1, 0.15) is 24.4 Å². The third-order valence-corrected chi connectivity index (χ3v) is 4.36. The zero-order valence-electron chi connectivity index (χ0n) is 12.0. The van der Waals surface area contributed by atoms with E-state index in [9.17, 15) is 0 Å². The van der Waals surface area contributed by atoms with Crippen molar-refractivity contribution < 1.29 is 0 Å². The molecule has 1 saturated heterocycles. The van der Waals surface area contributed by atoms with E-state index < -0.39 is 0 Å². The Hall–Kier alpha value is -1.39. The molecule has 1 N–H and O–H groups in total. The van der Waals surface area contributed by atoms with E-state index in [1.165, 1.54) is 31.5 Å². The summed E-state index contributed by atoms with van der Waals surface area (Å²) in [5, 5.41) is 3.58. The summed E-state index contributed by atoms with van der Waals surface area (Å²) < 4.78 is 1.00. The summed E-state index contributed by atoms with van der Waals surface area (Å²) in [7, 11) is 0. The van der Waals surface area contributed by atoms with Gasteiger partial charge in [-0.15, -0.1) is 0 Å². The smallest absolute Gasteiger partial charge is 0.126 e.